The second-order valence-electron chi connectivity index (χ2n) is 7.44. The van der Waals surface area contributed by atoms with Crippen LogP contribution in [0, 0.1) is 13.8 Å². The molecule has 31 heavy (non-hydrogen) atoms. The van der Waals surface area contributed by atoms with Gasteiger partial charge in [-0.05, 0) is 55.3 Å². The number of aromatic hydroxyl groups is 1. The van der Waals surface area contributed by atoms with Crippen molar-refractivity contribution >= 4 is 16.7 Å². The third kappa shape index (κ3) is 4.10. The molecule has 0 radical (unpaired) electrons. The maximum atomic E-state index is 11.2. The molecular weight excluding hydrogens is 390 g/mol. The minimum atomic E-state index is -0.388. The first-order chi connectivity index (χ1) is 15.0. The van der Waals surface area contributed by atoms with Gasteiger partial charge in [-0.3, -0.25) is 0 Å². The Morgan fingerprint density at radius 3 is 2.42 bits per heavy atom. The molecule has 2 N–H and O–H groups in total. The van der Waals surface area contributed by atoms with Crippen molar-refractivity contribution < 1.29 is 14.6 Å². The molecule has 4 rings (SSSR count). The van der Waals surface area contributed by atoms with E-state index >= 15 is 0 Å². The van der Waals surface area contributed by atoms with Crippen molar-refractivity contribution in [2.24, 2.45) is 0 Å². The van der Waals surface area contributed by atoms with Gasteiger partial charge in [0.25, 0.3) is 0 Å². The molecule has 0 fully saturated rings. The first-order valence-corrected chi connectivity index (χ1v) is 10.0. The lowest BCUT2D eigenvalue weighted by Crippen LogP contribution is -2.14. The maximum Gasteiger partial charge on any atom is 0.161 e. The van der Waals surface area contributed by atoms with Gasteiger partial charge in [-0.15, -0.1) is 0 Å². The number of hydrogen-bond donors (Lipinski definition) is 2. The van der Waals surface area contributed by atoms with Crippen LogP contribution in [0.1, 0.15) is 28.4 Å². The average molecular weight is 415 g/mol. The van der Waals surface area contributed by atoms with E-state index in [9.17, 15) is 5.11 Å². The first kappa shape index (κ1) is 20.5. The van der Waals surface area contributed by atoms with E-state index in [1.54, 1.807) is 20.4 Å². The van der Waals surface area contributed by atoms with Crippen LogP contribution in [-0.4, -0.2) is 29.3 Å². The SMILES string of the molecule is COc1ccc(C(Nc2cc(C)ccn2)c2ccc3ccc(C)nc3c2O)cc1OC. The number of aromatic nitrogens is 2. The highest BCUT2D eigenvalue weighted by Crippen LogP contribution is 2.39. The third-order valence-electron chi connectivity index (χ3n) is 5.27. The largest absolute Gasteiger partial charge is 0.505 e. The third-order valence-corrected chi connectivity index (χ3v) is 5.27. The zero-order valence-corrected chi connectivity index (χ0v) is 18.0. The van der Waals surface area contributed by atoms with Gasteiger partial charge in [0.2, 0.25) is 0 Å². The number of nitrogens with zero attached hydrogens (tertiary/aromatic N) is 2. The summed E-state index contributed by atoms with van der Waals surface area (Å²) in [4.78, 5) is 9.00. The number of phenolic OH excluding ortho intramolecular Hbond substituents is 1. The molecule has 0 amide bonds. The summed E-state index contributed by atoms with van der Waals surface area (Å²) < 4.78 is 10.9. The smallest absolute Gasteiger partial charge is 0.161 e. The Bertz CT molecular complexity index is 1240. The highest BCUT2D eigenvalue weighted by Gasteiger charge is 2.22. The lowest BCUT2D eigenvalue weighted by atomic mass is 9.95. The van der Waals surface area contributed by atoms with Crippen LogP contribution in [0.4, 0.5) is 5.82 Å². The van der Waals surface area contributed by atoms with Gasteiger partial charge in [-0.2, -0.15) is 0 Å². The van der Waals surface area contributed by atoms with E-state index in [0.29, 0.717) is 28.4 Å². The predicted molar refractivity (Wildman–Crippen MR) is 122 cm³/mol. The quantitative estimate of drug-likeness (QED) is 0.452. The standard InChI is InChI=1S/C25H25N3O3/c1-15-11-12-26-22(13-15)28-23(18-8-10-20(30-3)21(14-18)31-4)19-9-7-17-6-5-16(2)27-24(17)25(19)29/h5-14,23,29H,1-4H3,(H,26,28). The van der Waals surface area contributed by atoms with Crippen molar-refractivity contribution in [3.63, 3.8) is 0 Å². The molecule has 0 saturated carbocycles. The minimum absolute atomic E-state index is 0.140. The molecule has 0 saturated heterocycles. The molecular formula is C25H25N3O3. The van der Waals surface area contributed by atoms with Crippen molar-refractivity contribution in [3.05, 3.63) is 83.2 Å². The predicted octanol–water partition coefficient (Wildman–Crippen LogP) is 5.17. The topological polar surface area (TPSA) is 76.5 Å². The fourth-order valence-corrected chi connectivity index (χ4v) is 3.66. The first-order valence-electron chi connectivity index (χ1n) is 10.0. The van der Waals surface area contributed by atoms with Gasteiger partial charge in [0.1, 0.15) is 17.1 Å². The van der Waals surface area contributed by atoms with Crippen LogP contribution in [-0.2, 0) is 0 Å². The Morgan fingerprint density at radius 1 is 0.903 bits per heavy atom. The monoisotopic (exact) mass is 415 g/mol. The van der Waals surface area contributed by atoms with Crippen LogP contribution in [0.25, 0.3) is 10.9 Å². The summed E-state index contributed by atoms with van der Waals surface area (Å²) in [5, 5.41) is 15.5. The molecule has 0 aliphatic carbocycles. The molecule has 1 unspecified atom stereocenters. The van der Waals surface area contributed by atoms with E-state index in [1.807, 2.05) is 68.4 Å². The Kier molecular flexibility index (Phi) is 5.62. The van der Waals surface area contributed by atoms with E-state index in [-0.39, 0.29) is 11.8 Å². The Balaban J connectivity index is 1.88. The van der Waals surface area contributed by atoms with Gasteiger partial charge < -0.3 is 19.9 Å². The second-order valence-corrected chi connectivity index (χ2v) is 7.44. The van der Waals surface area contributed by atoms with Crippen molar-refractivity contribution in [2.75, 3.05) is 19.5 Å². The van der Waals surface area contributed by atoms with Crippen LogP contribution in [0.3, 0.4) is 0 Å². The number of nitrogens with one attached hydrogen (secondary N) is 1. The minimum Gasteiger partial charge on any atom is -0.505 e. The fourth-order valence-electron chi connectivity index (χ4n) is 3.66. The Labute approximate surface area is 181 Å². The van der Waals surface area contributed by atoms with Gasteiger partial charge in [0.15, 0.2) is 11.5 Å². The number of aryl methyl sites for hydroxylation is 2. The van der Waals surface area contributed by atoms with E-state index in [2.05, 4.69) is 15.3 Å². The maximum absolute atomic E-state index is 11.2. The van der Waals surface area contributed by atoms with Gasteiger partial charge in [0.05, 0.1) is 20.3 Å². The van der Waals surface area contributed by atoms with Crippen molar-refractivity contribution in [1.82, 2.24) is 9.97 Å². The fraction of sp³-hybridized carbons (Fsp3) is 0.200. The van der Waals surface area contributed by atoms with Gasteiger partial charge in [-0.1, -0.05) is 24.3 Å². The Morgan fingerprint density at radius 2 is 1.68 bits per heavy atom. The molecule has 0 aliphatic heterocycles. The lowest BCUT2D eigenvalue weighted by Gasteiger charge is -2.23. The lowest BCUT2D eigenvalue weighted by molar-refractivity contribution is 0.354. The summed E-state index contributed by atoms with van der Waals surface area (Å²) in [7, 11) is 3.21. The van der Waals surface area contributed by atoms with Crippen LogP contribution in [0.2, 0.25) is 0 Å². The van der Waals surface area contributed by atoms with Crippen molar-refractivity contribution in [1.29, 1.82) is 0 Å². The van der Waals surface area contributed by atoms with Gasteiger partial charge >= 0.3 is 0 Å². The zero-order valence-electron chi connectivity index (χ0n) is 18.0. The van der Waals surface area contributed by atoms with Crippen molar-refractivity contribution in [3.8, 4) is 17.2 Å². The summed E-state index contributed by atoms with van der Waals surface area (Å²) in [5.41, 5.74) is 4.09. The van der Waals surface area contributed by atoms with E-state index in [0.717, 1.165) is 22.2 Å². The molecule has 0 bridgehead atoms. The Hall–Kier alpha value is -3.80. The average Bonchev–Trinajstić information content (AvgIpc) is 2.78. The number of pyridine rings is 2. The molecule has 2 aromatic carbocycles. The molecule has 0 spiro atoms. The summed E-state index contributed by atoms with van der Waals surface area (Å²) in [5.74, 6) is 2.09. The van der Waals surface area contributed by atoms with E-state index in [1.165, 1.54) is 0 Å². The number of fused-ring (bicyclic) bond motifs is 1. The number of benzene rings is 2. The molecule has 0 aliphatic rings. The number of methoxy groups -OCH3 is 2. The summed E-state index contributed by atoms with van der Waals surface area (Å²) in [6.45, 7) is 3.92. The van der Waals surface area contributed by atoms with E-state index in [4.69, 9.17) is 9.47 Å². The number of anilines is 1. The van der Waals surface area contributed by atoms with Crippen LogP contribution >= 0.6 is 0 Å². The number of hydrogen-bond acceptors (Lipinski definition) is 6. The van der Waals surface area contributed by atoms with Crippen LogP contribution in [0.5, 0.6) is 17.2 Å². The molecule has 1 atom stereocenters. The number of ether oxygens (including phenoxy) is 2. The van der Waals surface area contributed by atoms with Crippen LogP contribution < -0.4 is 14.8 Å². The second kappa shape index (κ2) is 8.52. The summed E-state index contributed by atoms with van der Waals surface area (Å²) >= 11 is 0. The highest BCUT2D eigenvalue weighted by atomic mass is 16.5. The zero-order chi connectivity index (χ0) is 22.0. The van der Waals surface area contributed by atoms with E-state index < -0.39 is 0 Å². The molecule has 2 heterocycles. The molecule has 4 aromatic rings. The normalized spacial score (nSPS) is 11.9. The van der Waals surface area contributed by atoms with Gasteiger partial charge in [-0.25, -0.2) is 9.97 Å². The molecule has 158 valence electrons. The summed E-state index contributed by atoms with van der Waals surface area (Å²) in [6.07, 6.45) is 1.76. The number of rotatable bonds is 6. The molecule has 2 aromatic heterocycles. The molecule has 6 heteroatoms. The molecule has 6 nitrogen and oxygen atoms in total. The van der Waals surface area contributed by atoms with Gasteiger partial charge in [0, 0.05) is 22.8 Å². The summed E-state index contributed by atoms with van der Waals surface area (Å²) in [6, 6.07) is 17.0. The number of phenols is 1. The highest BCUT2D eigenvalue weighted by molar-refractivity contribution is 5.86. The van der Waals surface area contributed by atoms with Crippen molar-refractivity contribution in [2.45, 2.75) is 19.9 Å². The van der Waals surface area contributed by atoms with Crippen LogP contribution in [0.15, 0.2) is 60.8 Å².